The van der Waals surface area contributed by atoms with Gasteiger partial charge in [-0.05, 0) is 76.2 Å². The summed E-state index contributed by atoms with van der Waals surface area (Å²) in [5.41, 5.74) is 1.68. The third-order valence-electron chi connectivity index (χ3n) is 5.79. The van der Waals surface area contributed by atoms with Gasteiger partial charge in [-0.3, -0.25) is 0 Å². The standard InChI is InChI=1S/C28H23F5O/c1-2-3-4-5-17-6-7-19-13-20(9-8-18(19)12-17)22-15-24(30)27(25(31)16-22)21-10-11-26(23(29)14-21)34-28(32)33/h6-16,28H,2-5H2,1H3. The summed E-state index contributed by atoms with van der Waals surface area (Å²) in [6.07, 6.45) is 4.50. The summed E-state index contributed by atoms with van der Waals surface area (Å²) in [7, 11) is 0. The van der Waals surface area contributed by atoms with Gasteiger partial charge >= 0.3 is 6.61 Å². The number of aryl methyl sites for hydroxylation is 1. The molecule has 4 aromatic rings. The fourth-order valence-electron chi connectivity index (χ4n) is 4.07. The maximum Gasteiger partial charge on any atom is 0.387 e. The van der Waals surface area contributed by atoms with E-state index in [1.54, 1.807) is 0 Å². The Morgan fingerprint density at radius 3 is 2.00 bits per heavy atom. The number of rotatable bonds is 8. The van der Waals surface area contributed by atoms with Crippen LogP contribution in [0.3, 0.4) is 0 Å². The van der Waals surface area contributed by atoms with E-state index in [0.717, 1.165) is 48.2 Å². The number of fused-ring (bicyclic) bond motifs is 1. The minimum atomic E-state index is -3.21. The smallest absolute Gasteiger partial charge is 0.387 e. The maximum absolute atomic E-state index is 14.9. The van der Waals surface area contributed by atoms with E-state index >= 15 is 0 Å². The van der Waals surface area contributed by atoms with Crippen molar-refractivity contribution in [1.82, 2.24) is 0 Å². The fourth-order valence-corrected chi connectivity index (χ4v) is 4.07. The minimum absolute atomic E-state index is 0.116. The molecule has 0 unspecified atom stereocenters. The van der Waals surface area contributed by atoms with Crippen molar-refractivity contribution >= 4 is 10.8 Å². The lowest BCUT2D eigenvalue weighted by molar-refractivity contribution is -0.0521. The number of halogens is 5. The predicted molar refractivity (Wildman–Crippen MR) is 125 cm³/mol. The van der Waals surface area contributed by atoms with Gasteiger partial charge in [0.15, 0.2) is 11.6 Å². The van der Waals surface area contributed by atoms with Crippen molar-refractivity contribution in [2.75, 3.05) is 0 Å². The Morgan fingerprint density at radius 1 is 0.676 bits per heavy atom. The van der Waals surface area contributed by atoms with Crippen molar-refractivity contribution in [2.24, 2.45) is 0 Å². The summed E-state index contributed by atoms with van der Waals surface area (Å²) in [6, 6.07) is 17.0. The van der Waals surface area contributed by atoms with Gasteiger partial charge in [0.1, 0.15) is 11.6 Å². The van der Waals surface area contributed by atoms with Gasteiger partial charge in [0.05, 0.1) is 5.56 Å². The molecule has 4 aromatic carbocycles. The molecule has 0 bridgehead atoms. The van der Waals surface area contributed by atoms with Gasteiger partial charge in [-0.15, -0.1) is 0 Å². The zero-order valence-electron chi connectivity index (χ0n) is 18.6. The SMILES string of the molecule is CCCCCc1ccc2cc(-c3cc(F)c(-c4ccc(OC(F)F)c(F)c4)c(F)c3)ccc2c1. The molecule has 4 rings (SSSR count). The summed E-state index contributed by atoms with van der Waals surface area (Å²) < 4.78 is 72.6. The molecule has 34 heavy (non-hydrogen) atoms. The predicted octanol–water partition coefficient (Wildman–Crippen LogP) is 8.93. The zero-order chi connectivity index (χ0) is 24.2. The Kier molecular flexibility index (Phi) is 7.15. The molecule has 0 aliphatic heterocycles. The van der Waals surface area contributed by atoms with Gasteiger partial charge in [-0.2, -0.15) is 8.78 Å². The van der Waals surface area contributed by atoms with Gasteiger partial charge in [0.25, 0.3) is 0 Å². The molecule has 0 amide bonds. The van der Waals surface area contributed by atoms with Gasteiger partial charge in [0.2, 0.25) is 0 Å². The Labute approximate surface area is 194 Å². The van der Waals surface area contributed by atoms with Crippen LogP contribution >= 0.6 is 0 Å². The highest BCUT2D eigenvalue weighted by molar-refractivity contribution is 5.88. The summed E-state index contributed by atoms with van der Waals surface area (Å²) in [5, 5.41) is 2.01. The van der Waals surface area contributed by atoms with E-state index in [1.165, 1.54) is 24.1 Å². The van der Waals surface area contributed by atoms with Crippen LogP contribution < -0.4 is 4.74 Å². The van der Waals surface area contributed by atoms with E-state index < -0.39 is 35.4 Å². The normalized spacial score (nSPS) is 11.4. The summed E-state index contributed by atoms with van der Waals surface area (Å²) in [6.45, 7) is -1.04. The summed E-state index contributed by atoms with van der Waals surface area (Å²) >= 11 is 0. The monoisotopic (exact) mass is 470 g/mol. The third-order valence-corrected chi connectivity index (χ3v) is 5.79. The average Bonchev–Trinajstić information content (AvgIpc) is 2.80. The van der Waals surface area contributed by atoms with Crippen LogP contribution in [0.4, 0.5) is 22.0 Å². The molecule has 0 fully saturated rings. The molecule has 0 N–H and O–H groups in total. The summed E-state index contributed by atoms with van der Waals surface area (Å²) in [4.78, 5) is 0. The van der Waals surface area contributed by atoms with E-state index in [2.05, 4.69) is 23.8 Å². The number of hydrogen-bond acceptors (Lipinski definition) is 1. The Bertz CT molecular complexity index is 1290. The van der Waals surface area contributed by atoms with E-state index in [4.69, 9.17) is 0 Å². The van der Waals surface area contributed by atoms with Crippen LogP contribution in [0.25, 0.3) is 33.0 Å². The zero-order valence-corrected chi connectivity index (χ0v) is 18.6. The second-order valence-corrected chi connectivity index (χ2v) is 8.19. The molecule has 0 atom stereocenters. The molecule has 6 heteroatoms. The number of hydrogen-bond donors (Lipinski definition) is 0. The topological polar surface area (TPSA) is 9.23 Å². The van der Waals surface area contributed by atoms with Gasteiger partial charge in [-0.25, -0.2) is 13.2 Å². The van der Waals surface area contributed by atoms with Crippen LogP contribution in [0.15, 0.2) is 66.7 Å². The van der Waals surface area contributed by atoms with Crippen molar-refractivity contribution in [3.05, 3.63) is 89.7 Å². The van der Waals surface area contributed by atoms with E-state index in [0.29, 0.717) is 11.1 Å². The van der Waals surface area contributed by atoms with Crippen LogP contribution in [-0.2, 0) is 6.42 Å². The first kappa shape index (κ1) is 23.7. The molecule has 1 nitrogen and oxygen atoms in total. The van der Waals surface area contributed by atoms with E-state index in [9.17, 15) is 22.0 Å². The lowest BCUT2D eigenvalue weighted by Gasteiger charge is -2.12. The second-order valence-electron chi connectivity index (χ2n) is 8.19. The van der Waals surface area contributed by atoms with Crippen molar-refractivity contribution in [1.29, 1.82) is 0 Å². The molecule has 0 heterocycles. The van der Waals surface area contributed by atoms with Crippen molar-refractivity contribution in [2.45, 2.75) is 39.2 Å². The van der Waals surface area contributed by atoms with Gasteiger partial charge in [-0.1, -0.05) is 56.2 Å². The molecule has 0 radical (unpaired) electrons. The molecule has 0 spiro atoms. The van der Waals surface area contributed by atoms with Crippen LogP contribution in [0.2, 0.25) is 0 Å². The van der Waals surface area contributed by atoms with Crippen molar-refractivity contribution in [3.63, 3.8) is 0 Å². The molecule has 0 aliphatic rings. The lowest BCUT2D eigenvalue weighted by Crippen LogP contribution is -2.03. The highest BCUT2D eigenvalue weighted by Gasteiger charge is 2.17. The largest absolute Gasteiger partial charge is 0.432 e. The molecular formula is C28H23F5O. The highest BCUT2D eigenvalue weighted by Crippen LogP contribution is 2.34. The minimum Gasteiger partial charge on any atom is -0.432 e. The number of alkyl halides is 2. The Morgan fingerprint density at radius 2 is 1.32 bits per heavy atom. The lowest BCUT2D eigenvalue weighted by atomic mass is 9.96. The molecule has 0 aromatic heterocycles. The molecule has 0 saturated heterocycles. The van der Waals surface area contributed by atoms with Gasteiger partial charge in [0, 0.05) is 0 Å². The second kappa shape index (κ2) is 10.2. The first-order valence-electron chi connectivity index (χ1n) is 11.1. The first-order valence-corrected chi connectivity index (χ1v) is 11.1. The fraction of sp³-hybridized carbons (Fsp3) is 0.214. The number of unbranched alkanes of at least 4 members (excludes halogenated alkanes) is 2. The van der Waals surface area contributed by atoms with Crippen LogP contribution in [-0.4, -0.2) is 6.61 Å². The molecule has 0 saturated carbocycles. The molecular weight excluding hydrogens is 447 g/mol. The Hall–Kier alpha value is -3.41. The van der Waals surface area contributed by atoms with Crippen LogP contribution in [0.1, 0.15) is 31.7 Å². The molecule has 0 aliphatic carbocycles. The van der Waals surface area contributed by atoms with Crippen molar-refractivity contribution in [3.8, 4) is 28.0 Å². The maximum atomic E-state index is 14.9. The number of benzene rings is 4. The summed E-state index contributed by atoms with van der Waals surface area (Å²) in [5.74, 6) is -3.60. The third kappa shape index (κ3) is 5.22. The van der Waals surface area contributed by atoms with Crippen LogP contribution in [0.5, 0.6) is 5.75 Å². The van der Waals surface area contributed by atoms with E-state index in [1.807, 2.05) is 24.3 Å². The number of ether oxygens (including phenoxy) is 1. The quantitative estimate of drug-likeness (QED) is 0.184. The van der Waals surface area contributed by atoms with Crippen molar-refractivity contribution < 1.29 is 26.7 Å². The van der Waals surface area contributed by atoms with Crippen LogP contribution in [0, 0.1) is 17.5 Å². The highest BCUT2D eigenvalue weighted by atomic mass is 19.3. The average molecular weight is 470 g/mol. The van der Waals surface area contributed by atoms with Gasteiger partial charge < -0.3 is 4.74 Å². The van der Waals surface area contributed by atoms with E-state index in [-0.39, 0.29) is 5.56 Å². The first-order chi connectivity index (χ1) is 16.4. The molecule has 176 valence electrons. The Balaban J connectivity index is 1.63.